The Morgan fingerprint density at radius 3 is 2.62 bits per heavy atom. The Hall–Kier alpha value is -0.300. The lowest BCUT2D eigenvalue weighted by molar-refractivity contribution is 0.299. The zero-order valence-electron chi connectivity index (χ0n) is 5.65. The fourth-order valence-electron chi connectivity index (χ4n) is 0.627. The molecule has 8 heavy (non-hydrogen) atoms. The highest BCUT2D eigenvalue weighted by molar-refractivity contribution is 4.96. The quantitative estimate of drug-likeness (QED) is 0.554. The summed E-state index contributed by atoms with van der Waals surface area (Å²) < 4.78 is 0. The molecule has 0 unspecified atom stereocenters. The van der Waals surface area contributed by atoms with Gasteiger partial charge in [-0.3, -0.25) is 0 Å². The molecule has 1 N–H and O–H groups in total. The topological polar surface area (TPSA) is 20.2 Å². The Balaban J connectivity index is 3.29. The van der Waals surface area contributed by atoms with Gasteiger partial charge in [-0.2, -0.15) is 0 Å². The van der Waals surface area contributed by atoms with Gasteiger partial charge in [-0.05, 0) is 19.8 Å². The van der Waals surface area contributed by atoms with Crippen molar-refractivity contribution in [3.63, 3.8) is 0 Å². The third-order valence-corrected chi connectivity index (χ3v) is 1.06. The fourth-order valence-corrected chi connectivity index (χ4v) is 0.627. The molecule has 0 aromatic carbocycles. The van der Waals surface area contributed by atoms with Crippen LogP contribution in [0, 0.1) is 0 Å². The van der Waals surface area contributed by atoms with E-state index < -0.39 is 0 Å². The maximum Gasteiger partial charge on any atom is 0.0468 e. The van der Waals surface area contributed by atoms with Crippen LogP contribution in [0.15, 0.2) is 11.6 Å². The molecule has 0 saturated heterocycles. The van der Waals surface area contributed by atoms with E-state index in [1.54, 1.807) is 0 Å². The molecule has 0 aromatic heterocycles. The van der Waals surface area contributed by atoms with Gasteiger partial charge in [-0.1, -0.05) is 18.6 Å². The van der Waals surface area contributed by atoms with Gasteiger partial charge < -0.3 is 5.11 Å². The van der Waals surface area contributed by atoms with Crippen LogP contribution in [0.5, 0.6) is 0 Å². The Labute approximate surface area is 51.0 Å². The number of rotatable bonds is 3. The van der Waals surface area contributed by atoms with Crippen LogP contribution >= 0.6 is 0 Å². The third kappa shape index (κ3) is 3.88. The first-order valence-electron chi connectivity index (χ1n) is 3.07. The van der Waals surface area contributed by atoms with Crippen molar-refractivity contribution >= 4 is 0 Å². The molecule has 0 aliphatic carbocycles. The molecule has 1 nitrogen and oxygen atoms in total. The van der Waals surface area contributed by atoms with Crippen molar-refractivity contribution in [3.8, 4) is 0 Å². The number of allylic oxidation sites excluding steroid dienone is 1. The second kappa shape index (κ2) is 4.85. The first kappa shape index (κ1) is 7.70. The predicted molar refractivity (Wildman–Crippen MR) is 35.8 cm³/mol. The largest absolute Gasteiger partial charge is 0.396 e. The molecule has 0 rings (SSSR count). The van der Waals surface area contributed by atoms with E-state index in [1.165, 1.54) is 5.57 Å². The van der Waals surface area contributed by atoms with E-state index in [2.05, 4.69) is 13.0 Å². The first-order chi connectivity index (χ1) is 3.81. The van der Waals surface area contributed by atoms with Crippen molar-refractivity contribution in [1.82, 2.24) is 0 Å². The van der Waals surface area contributed by atoms with E-state index in [4.69, 9.17) is 5.11 Å². The van der Waals surface area contributed by atoms with Gasteiger partial charge in [0.05, 0.1) is 0 Å². The monoisotopic (exact) mass is 114 g/mol. The molecular formula is C7H14O. The van der Waals surface area contributed by atoms with E-state index in [-0.39, 0.29) is 6.61 Å². The van der Waals surface area contributed by atoms with Crippen molar-refractivity contribution in [2.24, 2.45) is 0 Å². The summed E-state index contributed by atoms with van der Waals surface area (Å²) in [5.41, 5.74) is 1.29. The maximum absolute atomic E-state index is 8.42. The summed E-state index contributed by atoms with van der Waals surface area (Å²) in [6, 6.07) is 0. The molecule has 0 amide bonds. The number of hydrogen-bond donors (Lipinski definition) is 1. The standard InChI is InChI=1S/C7H14O/c1-3-4-7(2)5-6-8/h4,8H,3,5-6H2,1-2H3. The average molecular weight is 114 g/mol. The summed E-state index contributed by atoms with van der Waals surface area (Å²) >= 11 is 0. The molecule has 0 radical (unpaired) electrons. The van der Waals surface area contributed by atoms with Crippen LogP contribution < -0.4 is 0 Å². The SMILES string of the molecule is CCC=C(C)CCO. The lowest BCUT2D eigenvalue weighted by atomic mass is 10.2. The van der Waals surface area contributed by atoms with E-state index in [0.717, 1.165) is 12.8 Å². The molecule has 1 heteroatoms. The summed E-state index contributed by atoms with van der Waals surface area (Å²) in [4.78, 5) is 0. The van der Waals surface area contributed by atoms with Gasteiger partial charge >= 0.3 is 0 Å². The summed E-state index contributed by atoms with van der Waals surface area (Å²) in [7, 11) is 0. The predicted octanol–water partition coefficient (Wildman–Crippen LogP) is 1.73. The van der Waals surface area contributed by atoms with E-state index in [9.17, 15) is 0 Å². The molecule has 0 aliphatic heterocycles. The van der Waals surface area contributed by atoms with Gasteiger partial charge in [0.25, 0.3) is 0 Å². The van der Waals surface area contributed by atoms with Gasteiger partial charge in [0.1, 0.15) is 0 Å². The van der Waals surface area contributed by atoms with Gasteiger partial charge in [-0.25, -0.2) is 0 Å². The normalized spacial score (nSPS) is 12.1. The minimum atomic E-state index is 0.280. The van der Waals surface area contributed by atoms with Crippen LogP contribution in [0.2, 0.25) is 0 Å². The minimum absolute atomic E-state index is 0.280. The highest BCUT2D eigenvalue weighted by Gasteiger charge is 1.83. The second-order valence-corrected chi connectivity index (χ2v) is 1.93. The van der Waals surface area contributed by atoms with E-state index >= 15 is 0 Å². The Kier molecular flexibility index (Phi) is 4.67. The lowest BCUT2D eigenvalue weighted by Gasteiger charge is -1.92. The highest BCUT2D eigenvalue weighted by Crippen LogP contribution is 1.98. The highest BCUT2D eigenvalue weighted by atomic mass is 16.2. The molecule has 0 saturated carbocycles. The molecule has 0 atom stereocenters. The minimum Gasteiger partial charge on any atom is -0.396 e. The summed E-state index contributed by atoms with van der Waals surface area (Å²) in [6.07, 6.45) is 4.04. The second-order valence-electron chi connectivity index (χ2n) is 1.93. The summed E-state index contributed by atoms with van der Waals surface area (Å²) in [5, 5.41) is 8.42. The van der Waals surface area contributed by atoms with Crippen molar-refractivity contribution in [2.45, 2.75) is 26.7 Å². The third-order valence-electron chi connectivity index (χ3n) is 1.06. The van der Waals surface area contributed by atoms with E-state index in [1.807, 2.05) is 6.92 Å². The van der Waals surface area contributed by atoms with Gasteiger partial charge in [-0.15, -0.1) is 0 Å². The van der Waals surface area contributed by atoms with Crippen LogP contribution in [-0.2, 0) is 0 Å². The Bertz CT molecular complexity index is 74.5. The summed E-state index contributed by atoms with van der Waals surface area (Å²) in [6.45, 7) is 4.42. The van der Waals surface area contributed by atoms with Gasteiger partial charge in [0, 0.05) is 6.61 Å². The lowest BCUT2D eigenvalue weighted by Crippen LogP contribution is -1.82. The molecular weight excluding hydrogens is 100 g/mol. The molecule has 0 fully saturated rings. The van der Waals surface area contributed by atoms with Crippen LogP contribution in [-0.4, -0.2) is 11.7 Å². The average Bonchev–Trinajstić information content (AvgIpc) is 1.68. The Morgan fingerprint density at radius 2 is 2.25 bits per heavy atom. The van der Waals surface area contributed by atoms with Crippen LogP contribution in [0.25, 0.3) is 0 Å². The number of hydrogen-bond acceptors (Lipinski definition) is 1. The molecule has 48 valence electrons. The molecule has 0 aliphatic rings. The molecule has 0 heterocycles. The number of aliphatic hydroxyl groups is 1. The smallest absolute Gasteiger partial charge is 0.0468 e. The zero-order chi connectivity index (χ0) is 6.41. The van der Waals surface area contributed by atoms with Crippen molar-refractivity contribution in [2.75, 3.05) is 6.61 Å². The molecule has 0 bridgehead atoms. The van der Waals surface area contributed by atoms with E-state index in [0.29, 0.717) is 0 Å². The van der Waals surface area contributed by atoms with Crippen LogP contribution in [0.3, 0.4) is 0 Å². The maximum atomic E-state index is 8.42. The van der Waals surface area contributed by atoms with Crippen LogP contribution in [0.4, 0.5) is 0 Å². The van der Waals surface area contributed by atoms with Gasteiger partial charge in [0.15, 0.2) is 0 Å². The Morgan fingerprint density at radius 1 is 1.62 bits per heavy atom. The number of aliphatic hydroxyl groups excluding tert-OH is 1. The summed E-state index contributed by atoms with van der Waals surface area (Å²) in [5.74, 6) is 0. The van der Waals surface area contributed by atoms with Gasteiger partial charge in [0.2, 0.25) is 0 Å². The molecule has 0 spiro atoms. The van der Waals surface area contributed by atoms with Crippen LogP contribution in [0.1, 0.15) is 26.7 Å². The van der Waals surface area contributed by atoms with Crippen molar-refractivity contribution in [3.05, 3.63) is 11.6 Å². The fraction of sp³-hybridized carbons (Fsp3) is 0.714. The van der Waals surface area contributed by atoms with Crippen molar-refractivity contribution in [1.29, 1.82) is 0 Å². The van der Waals surface area contributed by atoms with Crippen molar-refractivity contribution < 1.29 is 5.11 Å². The molecule has 0 aromatic rings. The zero-order valence-corrected chi connectivity index (χ0v) is 5.65. The first-order valence-corrected chi connectivity index (χ1v) is 3.07.